The summed E-state index contributed by atoms with van der Waals surface area (Å²) in [4.78, 5) is 2.40. The fraction of sp³-hybridized carbons (Fsp3) is 0.455. The van der Waals surface area contributed by atoms with Crippen molar-refractivity contribution in [3.8, 4) is 11.5 Å². The first-order valence-corrected chi connectivity index (χ1v) is 9.89. The van der Waals surface area contributed by atoms with Gasteiger partial charge in [-0.15, -0.1) is 24.8 Å². The molecule has 0 unspecified atom stereocenters. The average Bonchev–Trinajstić information content (AvgIpc) is 2.73. The molecule has 0 bridgehead atoms. The van der Waals surface area contributed by atoms with Crippen LogP contribution in [-0.2, 0) is 17.9 Å². The van der Waals surface area contributed by atoms with Crippen molar-refractivity contribution >= 4 is 24.8 Å². The predicted molar refractivity (Wildman–Crippen MR) is 122 cm³/mol. The molecule has 0 amide bonds. The Kier molecular flexibility index (Phi) is 12.7. The van der Waals surface area contributed by atoms with Crippen LogP contribution in [0.15, 0.2) is 42.5 Å². The van der Waals surface area contributed by atoms with Crippen LogP contribution < -0.4 is 14.8 Å². The van der Waals surface area contributed by atoms with Crippen molar-refractivity contribution in [2.24, 2.45) is 0 Å². The molecular formula is C22H31Cl2FN2O3. The highest BCUT2D eigenvalue weighted by Crippen LogP contribution is 2.32. The predicted octanol–water partition coefficient (Wildman–Crippen LogP) is 4.07. The first-order chi connectivity index (χ1) is 13.8. The molecule has 1 saturated heterocycles. The summed E-state index contributed by atoms with van der Waals surface area (Å²) in [6, 6.07) is 12.3. The first kappa shape index (κ1) is 26.5. The summed E-state index contributed by atoms with van der Waals surface area (Å²) < 4.78 is 30.3. The van der Waals surface area contributed by atoms with Crippen LogP contribution in [0.3, 0.4) is 0 Å². The molecule has 1 fully saturated rings. The molecule has 1 N–H and O–H groups in total. The van der Waals surface area contributed by atoms with Crippen molar-refractivity contribution in [1.29, 1.82) is 0 Å². The Hall–Kier alpha value is -1.57. The van der Waals surface area contributed by atoms with E-state index >= 15 is 0 Å². The molecule has 1 aliphatic heterocycles. The summed E-state index contributed by atoms with van der Waals surface area (Å²) in [6.45, 7) is 9.11. The Bertz CT molecular complexity index is 729. The van der Waals surface area contributed by atoms with E-state index in [1.807, 2.05) is 25.1 Å². The maximum absolute atomic E-state index is 13.1. The topological polar surface area (TPSA) is 43.0 Å². The van der Waals surface area contributed by atoms with E-state index in [1.165, 1.54) is 12.1 Å². The molecule has 30 heavy (non-hydrogen) atoms. The quantitative estimate of drug-likeness (QED) is 0.541. The number of para-hydroxylation sites is 1. The standard InChI is InChI=1S/C22H29FN2O3.2ClH/c1-2-27-21-5-3-4-19(16-24-10-11-25-12-14-26-15-13-25)22(21)28-17-18-6-8-20(23)9-7-18;;/h3-9,24H,2,10-17H2,1H3;2*1H. The third-order valence-electron chi connectivity index (χ3n) is 4.68. The maximum atomic E-state index is 13.1. The minimum atomic E-state index is -0.247. The lowest BCUT2D eigenvalue weighted by Crippen LogP contribution is -2.40. The second-order valence-corrected chi connectivity index (χ2v) is 6.72. The van der Waals surface area contributed by atoms with E-state index < -0.39 is 0 Å². The van der Waals surface area contributed by atoms with Gasteiger partial charge in [-0.2, -0.15) is 0 Å². The SMILES string of the molecule is CCOc1cccc(CNCCN2CCOCC2)c1OCc1ccc(F)cc1.Cl.Cl. The highest BCUT2D eigenvalue weighted by atomic mass is 35.5. The molecule has 0 aromatic heterocycles. The summed E-state index contributed by atoms with van der Waals surface area (Å²) >= 11 is 0. The van der Waals surface area contributed by atoms with Gasteiger partial charge in [0.1, 0.15) is 12.4 Å². The van der Waals surface area contributed by atoms with Gasteiger partial charge in [-0.1, -0.05) is 24.3 Å². The molecule has 0 atom stereocenters. The second kappa shape index (κ2) is 14.4. The fourth-order valence-corrected chi connectivity index (χ4v) is 3.15. The van der Waals surface area contributed by atoms with Crippen LogP contribution in [0.1, 0.15) is 18.1 Å². The Morgan fingerprint density at radius 2 is 1.77 bits per heavy atom. The summed E-state index contributed by atoms with van der Waals surface area (Å²) in [5, 5.41) is 3.50. The van der Waals surface area contributed by atoms with Crippen LogP contribution in [0.4, 0.5) is 4.39 Å². The van der Waals surface area contributed by atoms with Crippen LogP contribution >= 0.6 is 24.8 Å². The number of ether oxygens (including phenoxy) is 3. The molecule has 5 nitrogen and oxygen atoms in total. The molecule has 2 aromatic carbocycles. The lowest BCUT2D eigenvalue weighted by molar-refractivity contribution is 0.0384. The van der Waals surface area contributed by atoms with Crippen molar-refractivity contribution in [3.63, 3.8) is 0 Å². The highest BCUT2D eigenvalue weighted by Gasteiger charge is 2.13. The minimum Gasteiger partial charge on any atom is -0.490 e. The molecule has 0 aliphatic carbocycles. The monoisotopic (exact) mass is 460 g/mol. The summed E-state index contributed by atoms with van der Waals surface area (Å²) in [7, 11) is 0. The van der Waals surface area contributed by atoms with E-state index in [1.54, 1.807) is 12.1 Å². The van der Waals surface area contributed by atoms with Gasteiger partial charge < -0.3 is 19.5 Å². The number of rotatable bonds is 10. The van der Waals surface area contributed by atoms with Gasteiger partial charge in [0.15, 0.2) is 11.5 Å². The van der Waals surface area contributed by atoms with Crippen LogP contribution in [0, 0.1) is 5.82 Å². The second-order valence-electron chi connectivity index (χ2n) is 6.72. The van der Waals surface area contributed by atoms with Crippen LogP contribution in [-0.4, -0.2) is 50.9 Å². The molecule has 2 aromatic rings. The lowest BCUT2D eigenvalue weighted by Gasteiger charge is -2.26. The van der Waals surface area contributed by atoms with E-state index in [0.717, 1.165) is 62.0 Å². The number of nitrogens with one attached hydrogen (secondary N) is 1. The van der Waals surface area contributed by atoms with Crippen LogP contribution in [0.25, 0.3) is 0 Å². The highest BCUT2D eigenvalue weighted by molar-refractivity contribution is 5.85. The van der Waals surface area contributed by atoms with Gasteiger partial charge >= 0.3 is 0 Å². The van der Waals surface area contributed by atoms with E-state index in [9.17, 15) is 4.39 Å². The minimum absolute atomic E-state index is 0. The molecule has 168 valence electrons. The number of hydrogen-bond donors (Lipinski definition) is 1. The molecule has 0 spiro atoms. The molecule has 8 heteroatoms. The van der Waals surface area contributed by atoms with Crippen LogP contribution in [0.5, 0.6) is 11.5 Å². The zero-order valence-corrected chi connectivity index (χ0v) is 18.9. The van der Waals surface area contributed by atoms with Crippen molar-refractivity contribution < 1.29 is 18.6 Å². The number of hydrogen-bond acceptors (Lipinski definition) is 5. The van der Waals surface area contributed by atoms with Crippen molar-refractivity contribution in [2.75, 3.05) is 46.0 Å². The fourth-order valence-electron chi connectivity index (χ4n) is 3.15. The largest absolute Gasteiger partial charge is 0.490 e. The summed E-state index contributed by atoms with van der Waals surface area (Å²) in [5.41, 5.74) is 1.97. The van der Waals surface area contributed by atoms with Gasteiger partial charge in [0.2, 0.25) is 0 Å². The molecule has 3 rings (SSSR count). The van der Waals surface area contributed by atoms with Gasteiger partial charge in [0.25, 0.3) is 0 Å². The normalized spacial score (nSPS) is 13.8. The first-order valence-electron chi connectivity index (χ1n) is 9.89. The molecule has 1 aliphatic rings. The van der Waals surface area contributed by atoms with Crippen LogP contribution in [0.2, 0.25) is 0 Å². The molecular weight excluding hydrogens is 430 g/mol. The smallest absolute Gasteiger partial charge is 0.166 e. The number of benzene rings is 2. The zero-order valence-electron chi connectivity index (χ0n) is 17.3. The number of nitrogens with zero attached hydrogens (tertiary/aromatic N) is 1. The van der Waals surface area contributed by atoms with E-state index in [0.29, 0.717) is 19.8 Å². The van der Waals surface area contributed by atoms with Gasteiger partial charge in [0.05, 0.1) is 19.8 Å². The van der Waals surface area contributed by atoms with E-state index in [2.05, 4.69) is 10.2 Å². The molecule has 0 saturated carbocycles. The third-order valence-corrected chi connectivity index (χ3v) is 4.68. The van der Waals surface area contributed by atoms with Crippen molar-refractivity contribution in [1.82, 2.24) is 10.2 Å². The van der Waals surface area contributed by atoms with Crippen molar-refractivity contribution in [2.45, 2.75) is 20.1 Å². The molecule has 1 heterocycles. The maximum Gasteiger partial charge on any atom is 0.166 e. The van der Waals surface area contributed by atoms with Gasteiger partial charge in [-0.05, 0) is 30.7 Å². The van der Waals surface area contributed by atoms with Crippen molar-refractivity contribution in [3.05, 3.63) is 59.4 Å². The van der Waals surface area contributed by atoms with Gasteiger partial charge in [-0.25, -0.2) is 4.39 Å². The number of morpholine rings is 1. The Labute approximate surface area is 190 Å². The van der Waals surface area contributed by atoms with Gasteiger partial charge in [0, 0.05) is 38.3 Å². The Morgan fingerprint density at radius 1 is 1.03 bits per heavy atom. The Morgan fingerprint density at radius 3 is 2.47 bits per heavy atom. The number of halogens is 3. The Balaban J connectivity index is 0.00000225. The third kappa shape index (κ3) is 8.28. The zero-order chi connectivity index (χ0) is 19.6. The average molecular weight is 461 g/mol. The van der Waals surface area contributed by atoms with E-state index in [-0.39, 0.29) is 30.6 Å². The summed E-state index contributed by atoms with van der Waals surface area (Å²) in [6.07, 6.45) is 0. The lowest BCUT2D eigenvalue weighted by atomic mass is 10.1. The van der Waals surface area contributed by atoms with E-state index in [4.69, 9.17) is 14.2 Å². The molecule has 0 radical (unpaired) electrons. The summed E-state index contributed by atoms with van der Waals surface area (Å²) in [5.74, 6) is 1.23. The van der Waals surface area contributed by atoms with Gasteiger partial charge in [-0.3, -0.25) is 4.90 Å².